The van der Waals surface area contributed by atoms with E-state index in [0.29, 0.717) is 6.04 Å². The van der Waals surface area contributed by atoms with Gasteiger partial charge in [0.15, 0.2) is 0 Å². The number of benzene rings is 1. The van der Waals surface area contributed by atoms with Gasteiger partial charge in [0.05, 0.1) is 6.04 Å². The zero-order valence-corrected chi connectivity index (χ0v) is 12.7. The minimum Gasteiger partial charge on any atom is -0.301 e. The minimum absolute atomic E-state index is 0.144. The molecule has 0 radical (unpaired) electrons. The van der Waals surface area contributed by atoms with Crippen LogP contribution in [0.25, 0.3) is 0 Å². The van der Waals surface area contributed by atoms with Crippen LogP contribution in [0.5, 0.6) is 0 Å². The van der Waals surface area contributed by atoms with Crippen molar-refractivity contribution in [3.63, 3.8) is 0 Å². The highest BCUT2D eigenvalue weighted by atomic mass is 15.2. The molecule has 4 heteroatoms. The maximum atomic E-state index is 4.23. The van der Waals surface area contributed by atoms with E-state index < -0.39 is 0 Å². The predicted molar refractivity (Wildman–Crippen MR) is 81.2 cm³/mol. The summed E-state index contributed by atoms with van der Waals surface area (Å²) in [6.45, 7) is 8.91. The van der Waals surface area contributed by atoms with Crippen molar-refractivity contribution in [2.75, 3.05) is 0 Å². The molecule has 108 valence electrons. The second kappa shape index (κ2) is 6.18. The first kappa shape index (κ1) is 14.7. The van der Waals surface area contributed by atoms with Crippen LogP contribution >= 0.6 is 0 Å². The monoisotopic (exact) mass is 272 g/mol. The average Bonchev–Trinajstić information content (AvgIpc) is 2.91. The maximum absolute atomic E-state index is 4.23. The Morgan fingerprint density at radius 1 is 1.20 bits per heavy atom. The van der Waals surface area contributed by atoms with Gasteiger partial charge in [-0.1, -0.05) is 51.1 Å². The van der Waals surface area contributed by atoms with E-state index >= 15 is 0 Å². The molecule has 0 spiro atoms. The Hall–Kier alpha value is -1.68. The number of aromatic amines is 1. The summed E-state index contributed by atoms with van der Waals surface area (Å²) in [7, 11) is 0. The lowest BCUT2D eigenvalue weighted by Crippen LogP contribution is -2.28. The van der Waals surface area contributed by atoms with E-state index in [0.717, 1.165) is 12.2 Å². The molecule has 1 aromatic carbocycles. The number of hydrogen-bond acceptors (Lipinski definition) is 3. The van der Waals surface area contributed by atoms with Gasteiger partial charge in [0.25, 0.3) is 0 Å². The third-order valence-corrected chi connectivity index (χ3v) is 3.31. The summed E-state index contributed by atoms with van der Waals surface area (Å²) >= 11 is 0. The quantitative estimate of drug-likeness (QED) is 0.874. The number of nitrogens with zero attached hydrogens (tertiary/aromatic N) is 2. The SMILES string of the molecule is CC(NC(CC(C)(C)C)c1ccccc1)c1ncn[nH]1. The van der Waals surface area contributed by atoms with Crippen molar-refractivity contribution in [2.24, 2.45) is 5.41 Å². The van der Waals surface area contributed by atoms with Gasteiger partial charge in [0, 0.05) is 6.04 Å². The van der Waals surface area contributed by atoms with E-state index in [9.17, 15) is 0 Å². The fourth-order valence-electron chi connectivity index (χ4n) is 2.37. The third kappa shape index (κ3) is 4.17. The molecule has 0 aliphatic rings. The number of H-pyrrole nitrogens is 1. The van der Waals surface area contributed by atoms with Crippen LogP contribution in [-0.4, -0.2) is 15.2 Å². The van der Waals surface area contributed by atoms with E-state index in [4.69, 9.17) is 0 Å². The first-order valence-electron chi connectivity index (χ1n) is 7.12. The van der Waals surface area contributed by atoms with E-state index in [-0.39, 0.29) is 11.5 Å². The molecule has 1 aromatic heterocycles. The first-order chi connectivity index (χ1) is 9.46. The molecule has 4 nitrogen and oxygen atoms in total. The summed E-state index contributed by atoms with van der Waals surface area (Å²) in [5, 5.41) is 10.5. The Labute approximate surface area is 121 Å². The summed E-state index contributed by atoms with van der Waals surface area (Å²) in [6, 6.07) is 11.0. The maximum Gasteiger partial charge on any atom is 0.141 e. The number of hydrogen-bond donors (Lipinski definition) is 2. The second-order valence-corrected chi connectivity index (χ2v) is 6.49. The number of nitrogens with one attached hydrogen (secondary N) is 2. The molecule has 0 saturated carbocycles. The van der Waals surface area contributed by atoms with E-state index in [1.54, 1.807) is 6.33 Å². The Morgan fingerprint density at radius 2 is 1.90 bits per heavy atom. The van der Waals surface area contributed by atoms with Crippen molar-refractivity contribution >= 4 is 0 Å². The molecule has 2 rings (SSSR count). The summed E-state index contributed by atoms with van der Waals surface area (Å²) in [5.41, 5.74) is 1.57. The molecule has 0 aliphatic heterocycles. The van der Waals surface area contributed by atoms with E-state index in [1.807, 2.05) is 0 Å². The molecule has 0 amide bonds. The predicted octanol–water partition coefficient (Wildman–Crippen LogP) is 3.63. The molecular weight excluding hydrogens is 248 g/mol. The molecule has 2 N–H and O–H groups in total. The van der Waals surface area contributed by atoms with Crippen LogP contribution in [0.4, 0.5) is 0 Å². The molecule has 1 heterocycles. The summed E-state index contributed by atoms with van der Waals surface area (Å²) in [4.78, 5) is 4.23. The van der Waals surface area contributed by atoms with Crippen molar-refractivity contribution in [3.8, 4) is 0 Å². The van der Waals surface area contributed by atoms with Crippen molar-refractivity contribution in [1.82, 2.24) is 20.5 Å². The summed E-state index contributed by atoms with van der Waals surface area (Å²) in [6.07, 6.45) is 2.62. The van der Waals surface area contributed by atoms with Gasteiger partial charge in [-0.2, -0.15) is 5.10 Å². The lowest BCUT2D eigenvalue weighted by Gasteiger charge is -2.29. The van der Waals surface area contributed by atoms with Gasteiger partial charge in [-0.25, -0.2) is 4.98 Å². The third-order valence-electron chi connectivity index (χ3n) is 3.31. The molecule has 2 aromatic rings. The summed E-state index contributed by atoms with van der Waals surface area (Å²) in [5.74, 6) is 0.875. The largest absolute Gasteiger partial charge is 0.301 e. The zero-order chi connectivity index (χ0) is 14.6. The van der Waals surface area contributed by atoms with Crippen LogP contribution in [0.2, 0.25) is 0 Å². The smallest absolute Gasteiger partial charge is 0.141 e. The van der Waals surface area contributed by atoms with Gasteiger partial charge in [-0.05, 0) is 24.3 Å². The van der Waals surface area contributed by atoms with Gasteiger partial charge >= 0.3 is 0 Å². The Morgan fingerprint density at radius 3 is 2.45 bits per heavy atom. The minimum atomic E-state index is 0.144. The zero-order valence-electron chi connectivity index (χ0n) is 12.7. The standard InChI is InChI=1S/C16H24N4/c1-12(15-17-11-18-20-15)19-14(10-16(2,3)4)13-8-6-5-7-9-13/h5-9,11-12,14,19H,10H2,1-4H3,(H,17,18,20). The molecule has 0 saturated heterocycles. The van der Waals surface area contributed by atoms with Gasteiger partial charge < -0.3 is 5.32 Å². The molecular formula is C16H24N4. The highest BCUT2D eigenvalue weighted by Gasteiger charge is 2.22. The highest BCUT2D eigenvalue weighted by molar-refractivity contribution is 5.19. The van der Waals surface area contributed by atoms with E-state index in [2.05, 4.69) is 78.5 Å². The summed E-state index contributed by atoms with van der Waals surface area (Å²) < 4.78 is 0. The van der Waals surface area contributed by atoms with Crippen LogP contribution in [0.3, 0.4) is 0 Å². The number of aromatic nitrogens is 3. The van der Waals surface area contributed by atoms with Crippen molar-refractivity contribution in [3.05, 3.63) is 48.0 Å². The van der Waals surface area contributed by atoms with Crippen molar-refractivity contribution in [1.29, 1.82) is 0 Å². The molecule has 0 fully saturated rings. The van der Waals surface area contributed by atoms with Crippen LogP contribution in [-0.2, 0) is 0 Å². The van der Waals surface area contributed by atoms with Crippen molar-refractivity contribution < 1.29 is 0 Å². The first-order valence-corrected chi connectivity index (χ1v) is 7.12. The highest BCUT2D eigenvalue weighted by Crippen LogP contribution is 2.30. The van der Waals surface area contributed by atoms with Gasteiger partial charge in [0.2, 0.25) is 0 Å². The second-order valence-electron chi connectivity index (χ2n) is 6.49. The fraction of sp³-hybridized carbons (Fsp3) is 0.500. The topological polar surface area (TPSA) is 53.6 Å². The Kier molecular flexibility index (Phi) is 4.55. The number of rotatable bonds is 5. The molecule has 0 aliphatic carbocycles. The van der Waals surface area contributed by atoms with Crippen LogP contribution < -0.4 is 5.32 Å². The lowest BCUT2D eigenvalue weighted by atomic mass is 9.85. The Bertz CT molecular complexity index is 499. The molecule has 0 bridgehead atoms. The van der Waals surface area contributed by atoms with Gasteiger partial charge in [0.1, 0.15) is 12.2 Å². The molecule has 20 heavy (non-hydrogen) atoms. The molecule has 2 atom stereocenters. The average molecular weight is 272 g/mol. The fourth-order valence-corrected chi connectivity index (χ4v) is 2.37. The van der Waals surface area contributed by atoms with E-state index in [1.165, 1.54) is 5.56 Å². The molecule has 2 unspecified atom stereocenters. The van der Waals surface area contributed by atoms with Gasteiger partial charge in [-0.15, -0.1) is 0 Å². The normalized spacial score (nSPS) is 15.0. The van der Waals surface area contributed by atoms with Gasteiger partial charge in [-0.3, -0.25) is 5.10 Å². The van der Waals surface area contributed by atoms with Crippen LogP contribution in [0, 0.1) is 5.41 Å². The van der Waals surface area contributed by atoms with Crippen molar-refractivity contribution in [2.45, 2.75) is 46.2 Å². The van der Waals surface area contributed by atoms with Crippen LogP contribution in [0.15, 0.2) is 36.7 Å². The Balaban J connectivity index is 2.15. The lowest BCUT2D eigenvalue weighted by molar-refractivity contribution is 0.295. The van der Waals surface area contributed by atoms with Crippen LogP contribution in [0.1, 0.15) is 57.6 Å².